The number of hydrogen-bond donors (Lipinski definition) is 2. The summed E-state index contributed by atoms with van der Waals surface area (Å²) in [6.45, 7) is 3.45. The van der Waals surface area contributed by atoms with E-state index in [9.17, 15) is 26.4 Å². The second-order valence-electron chi connectivity index (χ2n) is 6.62. The summed E-state index contributed by atoms with van der Waals surface area (Å²) in [5.74, 6) is -4.94. The van der Waals surface area contributed by atoms with Gasteiger partial charge < -0.3 is 10.1 Å². The first kappa shape index (κ1) is 20.2. The quantitative estimate of drug-likeness (QED) is 0.809. The Morgan fingerprint density at radius 1 is 1.14 bits per heavy atom. The fourth-order valence-corrected chi connectivity index (χ4v) is 4.19. The number of carbonyl (C=O) groups is 1. The Morgan fingerprint density at radius 2 is 1.82 bits per heavy atom. The van der Waals surface area contributed by atoms with Gasteiger partial charge in [-0.15, -0.1) is 0 Å². The van der Waals surface area contributed by atoms with Crippen molar-refractivity contribution < 1.29 is 31.1 Å². The first-order valence-corrected chi connectivity index (χ1v) is 9.82. The zero-order valence-corrected chi connectivity index (χ0v) is 15.7. The predicted octanol–water partition coefficient (Wildman–Crippen LogP) is 3.05. The first-order chi connectivity index (χ1) is 13.1. The molecule has 1 atom stereocenters. The van der Waals surface area contributed by atoms with Crippen molar-refractivity contribution in [3.63, 3.8) is 0 Å². The second kappa shape index (κ2) is 7.44. The Morgan fingerprint density at radius 3 is 2.46 bits per heavy atom. The fourth-order valence-electron chi connectivity index (χ4n) is 2.67. The Bertz CT molecular complexity index is 1040. The van der Waals surface area contributed by atoms with Crippen molar-refractivity contribution >= 4 is 21.6 Å². The summed E-state index contributed by atoms with van der Waals surface area (Å²) in [7, 11) is -4.06. The standard InChI is InChI=1S/C18H17F3N2O4S/c1-9(2)14-8-27-17-15(28(25,26)23-14)6-5-12(20)16(17)18(24)22-10-3-4-11(19)13(21)7-10/h3-7,9,14,23H,8H2,1-2H3,(H,22,24)/t14-/m1/s1. The summed E-state index contributed by atoms with van der Waals surface area (Å²) in [4.78, 5) is 12.2. The summed E-state index contributed by atoms with van der Waals surface area (Å²) in [5, 5.41) is 2.22. The van der Waals surface area contributed by atoms with Gasteiger partial charge in [0.15, 0.2) is 17.4 Å². The van der Waals surface area contributed by atoms with Crippen molar-refractivity contribution in [3.05, 3.63) is 53.3 Å². The van der Waals surface area contributed by atoms with Gasteiger partial charge in [0.25, 0.3) is 5.91 Å². The number of carbonyl (C=O) groups excluding carboxylic acids is 1. The summed E-state index contributed by atoms with van der Waals surface area (Å²) in [6, 6.07) is 3.86. The molecule has 0 unspecified atom stereocenters. The maximum absolute atomic E-state index is 14.4. The van der Waals surface area contributed by atoms with Gasteiger partial charge in [0.2, 0.25) is 10.0 Å². The number of rotatable bonds is 3. The molecule has 0 aliphatic carbocycles. The highest BCUT2D eigenvalue weighted by molar-refractivity contribution is 7.89. The SMILES string of the molecule is CC(C)[C@H]1COc2c(ccc(F)c2C(=O)Nc2ccc(F)c(F)c2)S(=O)(=O)N1. The number of benzene rings is 2. The molecule has 0 saturated heterocycles. The molecule has 0 bridgehead atoms. The molecule has 28 heavy (non-hydrogen) atoms. The number of ether oxygens (including phenoxy) is 1. The second-order valence-corrected chi connectivity index (χ2v) is 8.30. The van der Waals surface area contributed by atoms with Gasteiger partial charge in [-0.1, -0.05) is 13.8 Å². The van der Waals surface area contributed by atoms with Crippen molar-refractivity contribution in [2.75, 3.05) is 11.9 Å². The van der Waals surface area contributed by atoms with Crippen LogP contribution in [0.5, 0.6) is 5.75 Å². The largest absolute Gasteiger partial charge is 0.490 e. The van der Waals surface area contributed by atoms with Crippen molar-refractivity contribution in [1.29, 1.82) is 0 Å². The maximum Gasteiger partial charge on any atom is 0.262 e. The highest BCUT2D eigenvalue weighted by Crippen LogP contribution is 2.33. The van der Waals surface area contributed by atoms with E-state index in [1.165, 1.54) is 0 Å². The predicted molar refractivity (Wildman–Crippen MR) is 95.2 cm³/mol. The van der Waals surface area contributed by atoms with E-state index in [1.54, 1.807) is 13.8 Å². The summed E-state index contributed by atoms with van der Waals surface area (Å²) >= 11 is 0. The third kappa shape index (κ3) is 3.83. The lowest BCUT2D eigenvalue weighted by molar-refractivity contribution is 0.101. The molecule has 0 fully saturated rings. The fraction of sp³-hybridized carbons (Fsp3) is 0.278. The first-order valence-electron chi connectivity index (χ1n) is 8.34. The van der Waals surface area contributed by atoms with Gasteiger partial charge in [-0.05, 0) is 30.2 Å². The number of fused-ring (bicyclic) bond motifs is 1. The van der Waals surface area contributed by atoms with Gasteiger partial charge in [-0.2, -0.15) is 0 Å². The lowest BCUT2D eigenvalue weighted by atomic mass is 10.1. The molecular formula is C18H17F3N2O4S. The Kier molecular flexibility index (Phi) is 5.35. The van der Waals surface area contributed by atoms with Crippen LogP contribution in [0.25, 0.3) is 0 Å². The summed E-state index contributed by atoms with van der Waals surface area (Å²) in [6.07, 6.45) is 0. The van der Waals surface area contributed by atoms with Gasteiger partial charge >= 0.3 is 0 Å². The molecule has 10 heteroatoms. The summed E-state index contributed by atoms with van der Waals surface area (Å²) < 4.78 is 74.0. The van der Waals surface area contributed by atoms with E-state index in [0.717, 1.165) is 30.3 Å². The molecule has 2 aromatic rings. The molecule has 2 N–H and O–H groups in total. The van der Waals surface area contributed by atoms with Crippen LogP contribution in [0.4, 0.5) is 18.9 Å². The van der Waals surface area contributed by atoms with Crippen molar-refractivity contribution in [1.82, 2.24) is 4.72 Å². The molecule has 0 aromatic heterocycles. The van der Waals surface area contributed by atoms with E-state index in [-0.39, 0.29) is 23.1 Å². The number of halogens is 3. The molecule has 1 amide bonds. The smallest absolute Gasteiger partial charge is 0.262 e. The molecule has 0 radical (unpaired) electrons. The van der Waals surface area contributed by atoms with Crippen LogP contribution in [0.15, 0.2) is 35.2 Å². The van der Waals surface area contributed by atoms with Gasteiger partial charge in [0, 0.05) is 11.8 Å². The minimum Gasteiger partial charge on any atom is -0.490 e. The molecule has 3 rings (SSSR count). The van der Waals surface area contributed by atoms with Crippen LogP contribution in [0.2, 0.25) is 0 Å². The minimum absolute atomic E-state index is 0.112. The van der Waals surface area contributed by atoms with Crippen molar-refractivity contribution in [2.24, 2.45) is 5.92 Å². The average Bonchev–Trinajstić information content (AvgIpc) is 2.74. The van der Waals surface area contributed by atoms with Crippen molar-refractivity contribution in [2.45, 2.75) is 24.8 Å². The Labute approximate surface area is 159 Å². The highest BCUT2D eigenvalue weighted by Gasteiger charge is 2.34. The molecule has 6 nitrogen and oxygen atoms in total. The topological polar surface area (TPSA) is 84.5 Å². The van der Waals surface area contributed by atoms with Gasteiger partial charge in [0.1, 0.15) is 22.9 Å². The summed E-state index contributed by atoms with van der Waals surface area (Å²) in [5.41, 5.74) is -0.771. The van der Waals surface area contributed by atoms with Crippen LogP contribution in [0.1, 0.15) is 24.2 Å². The number of amides is 1. The molecule has 0 spiro atoms. The van der Waals surface area contributed by atoms with Gasteiger partial charge in [-0.3, -0.25) is 4.79 Å². The maximum atomic E-state index is 14.4. The van der Waals surface area contributed by atoms with E-state index >= 15 is 0 Å². The molecule has 1 heterocycles. The Balaban J connectivity index is 2.03. The third-order valence-electron chi connectivity index (χ3n) is 4.28. The number of sulfonamides is 1. The number of anilines is 1. The van der Waals surface area contributed by atoms with E-state index in [2.05, 4.69) is 10.0 Å². The highest BCUT2D eigenvalue weighted by atomic mass is 32.2. The van der Waals surface area contributed by atoms with E-state index < -0.39 is 50.7 Å². The van der Waals surface area contributed by atoms with E-state index in [0.29, 0.717) is 0 Å². The molecule has 150 valence electrons. The minimum atomic E-state index is -4.06. The number of nitrogens with one attached hydrogen (secondary N) is 2. The van der Waals surface area contributed by atoms with Crippen molar-refractivity contribution in [3.8, 4) is 5.75 Å². The van der Waals surface area contributed by atoms with Crippen LogP contribution < -0.4 is 14.8 Å². The molecule has 0 saturated carbocycles. The van der Waals surface area contributed by atoms with E-state index in [1.807, 2.05) is 0 Å². The lowest BCUT2D eigenvalue weighted by Crippen LogP contribution is -2.40. The molecule has 2 aromatic carbocycles. The molecular weight excluding hydrogens is 397 g/mol. The van der Waals surface area contributed by atoms with Crippen LogP contribution in [0, 0.1) is 23.4 Å². The zero-order chi connectivity index (χ0) is 20.6. The zero-order valence-electron chi connectivity index (χ0n) is 14.9. The average molecular weight is 414 g/mol. The van der Waals surface area contributed by atoms with Gasteiger partial charge in [-0.25, -0.2) is 26.3 Å². The van der Waals surface area contributed by atoms with Crippen LogP contribution >= 0.6 is 0 Å². The Hall–Kier alpha value is -2.59. The molecule has 1 aliphatic rings. The molecule has 1 aliphatic heterocycles. The van der Waals surface area contributed by atoms with Gasteiger partial charge in [0.05, 0.1) is 6.04 Å². The van der Waals surface area contributed by atoms with Crippen LogP contribution in [-0.2, 0) is 10.0 Å². The van der Waals surface area contributed by atoms with E-state index in [4.69, 9.17) is 4.74 Å². The third-order valence-corrected chi connectivity index (χ3v) is 5.80. The lowest BCUT2D eigenvalue weighted by Gasteiger charge is -2.18. The van der Waals surface area contributed by atoms with Crippen LogP contribution in [0.3, 0.4) is 0 Å². The monoisotopic (exact) mass is 414 g/mol. The normalized spacial score (nSPS) is 18.1. The number of hydrogen-bond acceptors (Lipinski definition) is 4. The van der Waals surface area contributed by atoms with Crippen LogP contribution in [-0.4, -0.2) is 27.0 Å².